The summed E-state index contributed by atoms with van der Waals surface area (Å²) in [6.07, 6.45) is 0.409. The molecule has 1 atom stereocenters. The van der Waals surface area contributed by atoms with E-state index in [0.29, 0.717) is 0 Å². The molecule has 92 valence electrons. The van der Waals surface area contributed by atoms with Gasteiger partial charge in [-0.2, -0.15) is 13.2 Å². The molecule has 0 amide bonds. The van der Waals surface area contributed by atoms with Gasteiger partial charge in [0.25, 0.3) is 0 Å². The highest BCUT2D eigenvalue weighted by molar-refractivity contribution is 4.67. The van der Waals surface area contributed by atoms with Crippen LogP contribution in [-0.4, -0.2) is 18.8 Å². The van der Waals surface area contributed by atoms with E-state index in [1.807, 2.05) is 0 Å². The minimum Gasteiger partial charge on any atom is -0.314 e. The molecule has 1 unspecified atom stereocenters. The van der Waals surface area contributed by atoms with Gasteiger partial charge in [-0.1, -0.05) is 33.1 Å². The third kappa shape index (κ3) is 10.0. The summed E-state index contributed by atoms with van der Waals surface area (Å²) in [6.45, 7) is 4.21. The van der Waals surface area contributed by atoms with Crippen LogP contribution in [0.4, 0.5) is 13.2 Å². The van der Waals surface area contributed by atoms with E-state index in [-0.39, 0.29) is 12.6 Å². The van der Waals surface area contributed by atoms with Gasteiger partial charge in [0.2, 0.25) is 0 Å². The van der Waals surface area contributed by atoms with Crippen LogP contribution in [0.25, 0.3) is 0 Å². The zero-order valence-corrected chi connectivity index (χ0v) is 9.66. The van der Waals surface area contributed by atoms with Gasteiger partial charge < -0.3 is 5.32 Å². The molecule has 0 aromatic heterocycles. The molecule has 0 saturated heterocycles. The van der Waals surface area contributed by atoms with Crippen molar-refractivity contribution in [3.8, 4) is 0 Å². The second-order valence-corrected chi connectivity index (χ2v) is 3.95. The third-order valence-electron chi connectivity index (χ3n) is 2.38. The number of alkyl halides is 3. The summed E-state index contributed by atoms with van der Waals surface area (Å²) < 4.78 is 35.7. The van der Waals surface area contributed by atoms with Crippen molar-refractivity contribution in [3.05, 3.63) is 0 Å². The number of hydrogen-bond acceptors (Lipinski definition) is 1. The molecule has 0 aliphatic rings. The SMILES string of the molecule is CCCCC(CCC)NCCC(F)(F)F. The van der Waals surface area contributed by atoms with Crippen molar-refractivity contribution in [3.63, 3.8) is 0 Å². The molecular weight excluding hydrogens is 203 g/mol. The first-order chi connectivity index (χ1) is 6.99. The van der Waals surface area contributed by atoms with E-state index in [1.54, 1.807) is 0 Å². The average molecular weight is 225 g/mol. The average Bonchev–Trinajstić information content (AvgIpc) is 2.12. The van der Waals surface area contributed by atoms with E-state index in [2.05, 4.69) is 19.2 Å². The molecule has 0 spiro atoms. The Morgan fingerprint density at radius 1 is 1.07 bits per heavy atom. The maximum absolute atomic E-state index is 11.9. The molecule has 15 heavy (non-hydrogen) atoms. The lowest BCUT2D eigenvalue weighted by Crippen LogP contribution is -2.32. The smallest absolute Gasteiger partial charge is 0.314 e. The highest BCUT2D eigenvalue weighted by Gasteiger charge is 2.26. The molecule has 4 heteroatoms. The van der Waals surface area contributed by atoms with Crippen LogP contribution in [0, 0.1) is 0 Å². The third-order valence-corrected chi connectivity index (χ3v) is 2.38. The van der Waals surface area contributed by atoms with Crippen molar-refractivity contribution in [1.82, 2.24) is 5.32 Å². The summed E-state index contributed by atoms with van der Waals surface area (Å²) in [5.41, 5.74) is 0. The van der Waals surface area contributed by atoms with Crippen LogP contribution in [-0.2, 0) is 0 Å². The molecule has 1 N–H and O–H groups in total. The van der Waals surface area contributed by atoms with Crippen LogP contribution in [0.2, 0.25) is 0 Å². The molecule has 0 aliphatic heterocycles. The number of hydrogen-bond donors (Lipinski definition) is 1. The normalized spacial score (nSPS) is 14.2. The fourth-order valence-corrected chi connectivity index (χ4v) is 1.57. The molecule has 0 heterocycles. The van der Waals surface area contributed by atoms with Gasteiger partial charge in [-0.25, -0.2) is 0 Å². The fraction of sp³-hybridized carbons (Fsp3) is 1.00. The van der Waals surface area contributed by atoms with Gasteiger partial charge in [-0.05, 0) is 12.8 Å². The first-order valence-corrected chi connectivity index (χ1v) is 5.79. The molecule has 0 rings (SSSR count). The number of unbranched alkanes of at least 4 members (excludes halogenated alkanes) is 1. The standard InChI is InChI=1S/C11H22F3N/c1-3-5-7-10(6-4-2)15-9-8-11(12,13)14/h10,15H,3-9H2,1-2H3. The Bertz CT molecular complexity index is 145. The minimum absolute atomic E-state index is 0.0535. The van der Waals surface area contributed by atoms with E-state index in [0.717, 1.165) is 32.1 Å². The lowest BCUT2D eigenvalue weighted by molar-refractivity contribution is -0.133. The van der Waals surface area contributed by atoms with Crippen LogP contribution >= 0.6 is 0 Å². The minimum atomic E-state index is -4.03. The summed E-state index contributed by atoms with van der Waals surface area (Å²) in [4.78, 5) is 0. The number of halogens is 3. The summed E-state index contributed by atoms with van der Waals surface area (Å²) in [6, 6.07) is 0.261. The van der Waals surface area contributed by atoms with Crippen LogP contribution in [0.5, 0.6) is 0 Å². The maximum atomic E-state index is 11.9. The lowest BCUT2D eigenvalue weighted by atomic mass is 10.1. The lowest BCUT2D eigenvalue weighted by Gasteiger charge is -2.18. The number of nitrogens with one attached hydrogen (secondary N) is 1. The molecular formula is C11H22F3N. The van der Waals surface area contributed by atoms with Crippen molar-refractivity contribution >= 4 is 0 Å². The van der Waals surface area contributed by atoms with Gasteiger partial charge in [-0.3, -0.25) is 0 Å². The van der Waals surface area contributed by atoms with Crippen molar-refractivity contribution < 1.29 is 13.2 Å². The molecule has 0 radical (unpaired) electrons. The molecule has 0 fully saturated rings. The summed E-state index contributed by atoms with van der Waals surface area (Å²) in [5, 5.41) is 2.99. The second kappa shape index (κ2) is 7.97. The zero-order chi connectivity index (χ0) is 11.7. The van der Waals surface area contributed by atoms with Crippen LogP contribution in [0.3, 0.4) is 0 Å². The van der Waals surface area contributed by atoms with E-state index < -0.39 is 12.6 Å². The van der Waals surface area contributed by atoms with Gasteiger partial charge >= 0.3 is 6.18 Å². The zero-order valence-electron chi connectivity index (χ0n) is 9.66. The monoisotopic (exact) mass is 225 g/mol. The first-order valence-electron chi connectivity index (χ1n) is 5.79. The molecule has 0 saturated carbocycles. The molecule has 1 nitrogen and oxygen atoms in total. The van der Waals surface area contributed by atoms with Crippen molar-refractivity contribution in [1.29, 1.82) is 0 Å². The Morgan fingerprint density at radius 2 is 1.73 bits per heavy atom. The van der Waals surface area contributed by atoms with Gasteiger partial charge in [0.15, 0.2) is 0 Å². The highest BCUT2D eigenvalue weighted by Crippen LogP contribution is 2.18. The van der Waals surface area contributed by atoms with Gasteiger partial charge in [0.1, 0.15) is 0 Å². The summed E-state index contributed by atoms with van der Waals surface area (Å²) in [7, 11) is 0. The topological polar surface area (TPSA) is 12.0 Å². The highest BCUT2D eigenvalue weighted by atomic mass is 19.4. The van der Waals surface area contributed by atoms with Crippen LogP contribution in [0.15, 0.2) is 0 Å². The summed E-state index contributed by atoms with van der Waals surface area (Å²) >= 11 is 0. The fourth-order valence-electron chi connectivity index (χ4n) is 1.57. The molecule has 0 bridgehead atoms. The van der Waals surface area contributed by atoms with Gasteiger partial charge in [0, 0.05) is 12.6 Å². The van der Waals surface area contributed by atoms with Crippen molar-refractivity contribution in [2.45, 2.75) is 64.6 Å². The Labute approximate surface area is 90.4 Å². The van der Waals surface area contributed by atoms with E-state index >= 15 is 0 Å². The Morgan fingerprint density at radius 3 is 2.20 bits per heavy atom. The number of rotatable bonds is 8. The summed E-state index contributed by atoms with van der Waals surface area (Å²) in [5.74, 6) is 0. The van der Waals surface area contributed by atoms with Crippen molar-refractivity contribution in [2.75, 3.05) is 6.54 Å². The van der Waals surface area contributed by atoms with Gasteiger partial charge in [0.05, 0.1) is 6.42 Å². The van der Waals surface area contributed by atoms with E-state index in [9.17, 15) is 13.2 Å². The van der Waals surface area contributed by atoms with E-state index in [4.69, 9.17) is 0 Å². The van der Waals surface area contributed by atoms with Crippen LogP contribution in [0.1, 0.15) is 52.4 Å². The predicted molar refractivity (Wildman–Crippen MR) is 56.9 cm³/mol. The molecule has 0 aliphatic carbocycles. The Kier molecular flexibility index (Phi) is 7.83. The quantitative estimate of drug-likeness (QED) is 0.661. The molecule has 0 aromatic rings. The van der Waals surface area contributed by atoms with Gasteiger partial charge in [-0.15, -0.1) is 0 Å². The maximum Gasteiger partial charge on any atom is 0.390 e. The second-order valence-electron chi connectivity index (χ2n) is 3.95. The molecule has 0 aromatic carbocycles. The predicted octanol–water partition coefficient (Wildman–Crippen LogP) is 3.89. The Hall–Kier alpha value is -0.250. The van der Waals surface area contributed by atoms with E-state index in [1.165, 1.54) is 0 Å². The largest absolute Gasteiger partial charge is 0.390 e. The van der Waals surface area contributed by atoms with Crippen molar-refractivity contribution in [2.24, 2.45) is 0 Å². The first kappa shape index (κ1) is 14.8. The Balaban J connectivity index is 3.65. The van der Waals surface area contributed by atoms with Crippen LogP contribution < -0.4 is 5.32 Å².